The molecule has 3 N–H and O–H groups in total. The van der Waals surface area contributed by atoms with E-state index in [2.05, 4.69) is 39.9 Å². The summed E-state index contributed by atoms with van der Waals surface area (Å²) in [5.74, 6) is 0.0620. The quantitative estimate of drug-likeness (QED) is 0.368. The number of hydrogen-bond acceptors (Lipinski definition) is 5. The first-order valence-corrected chi connectivity index (χ1v) is 9.51. The van der Waals surface area contributed by atoms with Crippen LogP contribution in [0.2, 0.25) is 0 Å². The summed E-state index contributed by atoms with van der Waals surface area (Å²) in [6, 6.07) is 0.251. The number of carbonyl (C=O) groups excluding carboxylic acids is 1. The Balaban J connectivity index is 0.000000922. The van der Waals surface area contributed by atoms with Gasteiger partial charge in [-0.3, -0.25) is 9.35 Å². The van der Waals surface area contributed by atoms with Crippen LogP contribution in [0, 0.1) is 0 Å². The Labute approximate surface area is 145 Å². The van der Waals surface area contributed by atoms with Crippen LogP contribution in [0.1, 0.15) is 67.2 Å². The van der Waals surface area contributed by atoms with Gasteiger partial charge in [-0.15, -0.1) is 0 Å². The molecule has 0 unspecified atom stereocenters. The van der Waals surface area contributed by atoms with Gasteiger partial charge in [-0.05, 0) is 34.1 Å². The van der Waals surface area contributed by atoms with Crippen molar-refractivity contribution in [2.45, 2.75) is 84.3 Å². The first-order chi connectivity index (χ1) is 10.7. The van der Waals surface area contributed by atoms with E-state index in [1.165, 1.54) is 5.06 Å². The second kappa shape index (κ2) is 9.10. The molecule has 0 atom stereocenters. The molecule has 1 heterocycles. The highest BCUT2D eigenvalue weighted by atomic mass is 32.3. The Morgan fingerprint density at radius 2 is 1.71 bits per heavy atom. The number of piperidine rings is 1. The molecular weight excluding hydrogens is 336 g/mol. The number of hydroxylamine groups is 2. The monoisotopic (exact) mass is 368 g/mol. The lowest BCUT2D eigenvalue weighted by atomic mass is 9.79. The highest BCUT2D eigenvalue weighted by Gasteiger charge is 2.51. The molecule has 0 radical (unpaired) electrons. The fourth-order valence-electron chi connectivity index (χ4n) is 3.50. The van der Waals surface area contributed by atoms with Crippen molar-refractivity contribution in [3.05, 3.63) is 0 Å². The molecule has 0 aromatic rings. The smallest absolute Gasteiger partial charge is 0.217 e. The molecule has 0 bridgehead atoms. The van der Waals surface area contributed by atoms with Crippen molar-refractivity contribution in [1.82, 2.24) is 5.32 Å². The van der Waals surface area contributed by atoms with Crippen LogP contribution in [0.5, 0.6) is 0 Å². The molecule has 1 fully saturated rings. The molecule has 0 aromatic heterocycles. The third kappa shape index (κ3) is 9.53. The van der Waals surface area contributed by atoms with E-state index in [1.54, 1.807) is 6.92 Å². The van der Waals surface area contributed by atoms with Crippen LogP contribution in [-0.4, -0.2) is 47.2 Å². The Morgan fingerprint density at radius 3 is 2.04 bits per heavy atom. The van der Waals surface area contributed by atoms with E-state index in [0.29, 0.717) is 0 Å². The average Bonchev–Trinajstić information content (AvgIpc) is 2.28. The van der Waals surface area contributed by atoms with E-state index in [4.69, 9.17) is 22.4 Å². The minimum atomic E-state index is -4.92. The number of quaternary nitrogens is 1. The van der Waals surface area contributed by atoms with Gasteiger partial charge in [0.15, 0.2) is 0 Å². The molecule has 9 heteroatoms. The molecule has 1 rings (SSSR count). The summed E-state index contributed by atoms with van der Waals surface area (Å²) in [5, 5.41) is 4.28. The second-order valence-electron chi connectivity index (χ2n) is 7.53. The predicted molar refractivity (Wildman–Crippen MR) is 89.1 cm³/mol. The van der Waals surface area contributed by atoms with Gasteiger partial charge in [0.05, 0.1) is 0 Å². The van der Waals surface area contributed by atoms with Gasteiger partial charge >= 0.3 is 0 Å². The molecule has 1 amide bonds. The number of carbonyl (C=O) groups is 1. The SMILES string of the molecule is CCCCO[NH+]1C(C)(C)CC(NC(C)=O)CC1(C)C.O=S(=O)([O-])O. The normalized spacial score (nSPS) is 25.3. The van der Waals surface area contributed by atoms with Crippen LogP contribution in [-0.2, 0) is 20.0 Å². The topological polar surface area (TPSA) is 120 Å². The fraction of sp³-hybridized carbons (Fsp3) is 0.933. The summed E-state index contributed by atoms with van der Waals surface area (Å²) >= 11 is 0. The number of hydrogen-bond donors (Lipinski definition) is 3. The standard InChI is InChI=1S/C15H30N2O2.H2O4S/c1-7-8-9-19-17-14(3,4)10-13(16-12(2)18)11-15(17,5)6;1-5(2,3)4/h13H,7-11H2,1-6H3,(H,16,18);(H2,1,2,3,4). The van der Waals surface area contributed by atoms with Gasteiger partial charge in [-0.25, -0.2) is 13.3 Å². The molecule has 144 valence electrons. The first-order valence-electron chi connectivity index (χ1n) is 8.15. The molecule has 0 spiro atoms. The fourth-order valence-corrected chi connectivity index (χ4v) is 3.50. The lowest BCUT2D eigenvalue weighted by Crippen LogP contribution is -3.26. The maximum Gasteiger partial charge on any atom is 0.217 e. The predicted octanol–water partition coefficient (Wildman–Crippen LogP) is 0.463. The molecule has 1 aliphatic heterocycles. The van der Waals surface area contributed by atoms with Crippen LogP contribution < -0.4 is 10.4 Å². The van der Waals surface area contributed by atoms with Gasteiger partial charge in [0.25, 0.3) is 0 Å². The summed E-state index contributed by atoms with van der Waals surface area (Å²) in [6.07, 6.45) is 4.17. The number of nitrogens with one attached hydrogen (secondary N) is 2. The van der Waals surface area contributed by atoms with Crippen LogP contribution in [0.3, 0.4) is 0 Å². The Hall–Kier alpha value is -0.740. The summed E-state index contributed by atoms with van der Waals surface area (Å²) in [5.41, 5.74) is 0.0330. The maximum atomic E-state index is 11.3. The van der Waals surface area contributed by atoms with E-state index < -0.39 is 10.4 Å². The molecule has 1 aliphatic rings. The van der Waals surface area contributed by atoms with Crippen LogP contribution >= 0.6 is 0 Å². The highest BCUT2D eigenvalue weighted by Crippen LogP contribution is 2.24. The van der Waals surface area contributed by atoms with Crippen molar-refractivity contribution in [3.63, 3.8) is 0 Å². The number of unbranched alkanes of at least 4 members (excludes halogenated alkanes) is 1. The zero-order valence-corrected chi connectivity index (χ0v) is 16.3. The second-order valence-corrected chi connectivity index (χ2v) is 8.39. The molecule has 8 nitrogen and oxygen atoms in total. The van der Waals surface area contributed by atoms with Crippen molar-refractivity contribution in [2.75, 3.05) is 6.61 Å². The van der Waals surface area contributed by atoms with Crippen LogP contribution in [0.25, 0.3) is 0 Å². The molecule has 24 heavy (non-hydrogen) atoms. The van der Waals surface area contributed by atoms with Gasteiger partial charge in [0, 0.05) is 25.8 Å². The Morgan fingerprint density at radius 1 is 1.29 bits per heavy atom. The summed E-state index contributed by atoms with van der Waals surface area (Å²) in [7, 11) is -4.92. The summed E-state index contributed by atoms with van der Waals surface area (Å²) in [4.78, 5) is 17.4. The van der Waals surface area contributed by atoms with Crippen molar-refractivity contribution in [2.24, 2.45) is 0 Å². The van der Waals surface area contributed by atoms with Crippen molar-refractivity contribution < 1.29 is 32.2 Å². The van der Waals surface area contributed by atoms with Gasteiger partial charge in [-0.2, -0.15) is 5.06 Å². The Bertz CT molecular complexity index is 478. The van der Waals surface area contributed by atoms with E-state index in [0.717, 1.165) is 32.3 Å². The highest BCUT2D eigenvalue weighted by molar-refractivity contribution is 7.79. The van der Waals surface area contributed by atoms with Gasteiger partial charge in [0.2, 0.25) is 16.3 Å². The van der Waals surface area contributed by atoms with Crippen molar-refractivity contribution in [3.8, 4) is 0 Å². The average molecular weight is 368 g/mol. The molecule has 0 aromatic carbocycles. The van der Waals surface area contributed by atoms with Gasteiger partial charge < -0.3 is 9.87 Å². The molecule has 1 saturated heterocycles. The molecule has 0 aliphatic carbocycles. The third-order valence-electron chi connectivity index (χ3n) is 3.89. The minimum Gasteiger partial charge on any atom is -0.726 e. The number of amides is 1. The zero-order chi connectivity index (χ0) is 19.2. The van der Waals surface area contributed by atoms with E-state index >= 15 is 0 Å². The minimum absolute atomic E-state index is 0.0165. The van der Waals surface area contributed by atoms with E-state index in [-0.39, 0.29) is 23.0 Å². The van der Waals surface area contributed by atoms with Gasteiger partial charge in [-0.1, -0.05) is 13.3 Å². The lowest BCUT2D eigenvalue weighted by molar-refractivity contribution is -1.17. The largest absolute Gasteiger partial charge is 0.726 e. The summed E-state index contributed by atoms with van der Waals surface area (Å²) < 4.78 is 32.8. The van der Waals surface area contributed by atoms with Crippen molar-refractivity contribution in [1.29, 1.82) is 0 Å². The van der Waals surface area contributed by atoms with E-state index in [9.17, 15) is 4.79 Å². The number of rotatable bonds is 5. The Kier molecular flexibility index (Phi) is 8.81. The van der Waals surface area contributed by atoms with E-state index in [1.807, 2.05) is 0 Å². The van der Waals surface area contributed by atoms with Gasteiger partial charge in [0.1, 0.15) is 17.7 Å². The zero-order valence-electron chi connectivity index (χ0n) is 15.5. The summed E-state index contributed by atoms with van der Waals surface area (Å²) in [6.45, 7) is 13.5. The molecular formula is C15H32N2O6S. The van der Waals surface area contributed by atoms with Crippen molar-refractivity contribution >= 4 is 16.3 Å². The third-order valence-corrected chi connectivity index (χ3v) is 3.89. The maximum absolute atomic E-state index is 11.3. The first kappa shape index (κ1) is 23.3. The van der Waals surface area contributed by atoms with Crippen LogP contribution in [0.15, 0.2) is 0 Å². The van der Waals surface area contributed by atoms with Crippen LogP contribution in [0.4, 0.5) is 0 Å². The molecule has 0 saturated carbocycles. The lowest BCUT2D eigenvalue weighted by Gasteiger charge is -2.49.